The fourth-order valence-corrected chi connectivity index (χ4v) is 2.94. The van der Waals surface area contributed by atoms with Crippen molar-refractivity contribution in [1.82, 2.24) is 0 Å². The van der Waals surface area contributed by atoms with E-state index in [1.165, 1.54) is 0 Å². The van der Waals surface area contributed by atoms with Crippen molar-refractivity contribution in [1.29, 1.82) is 0 Å². The molecular formula is C13H17NO4S2. The molecule has 0 spiro atoms. The molecule has 0 amide bonds. The summed E-state index contributed by atoms with van der Waals surface area (Å²) in [5, 5.41) is 0. The molecular weight excluding hydrogens is 298 g/mol. The third-order valence-electron chi connectivity index (χ3n) is 2.30. The predicted octanol–water partition coefficient (Wildman–Crippen LogP) is 1.19. The van der Waals surface area contributed by atoms with Gasteiger partial charge in [-0.3, -0.25) is 4.79 Å². The molecule has 0 bridgehead atoms. The number of ether oxygens (including phenoxy) is 1. The minimum Gasteiger partial charge on any atom is -0.462 e. The van der Waals surface area contributed by atoms with E-state index in [1.54, 1.807) is 38.1 Å². The molecule has 2 N–H and O–H groups in total. The van der Waals surface area contributed by atoms with Crippen LogP contribution in [0, 0.1) is 0 Å². The monoisotopic (exact) mass is 315 g/mol. The van der Waals surface area contributed by atoms with Crippen LogP contribution in [-0.2, 0) is 25.1 Å². The highest BCUT2D eigenvalue weighted by molar-refractivity contribution is 7.91. The Morgan fingerprint density at radius 3 is 2.60 bits per heavy atom. The van der Waals surface area contributed by atoms with Gasteiger partial charge >= 0.3 is 5.97 Å². The zero-order valence-electron chi connectivity index (χ0n) is 11.3. The molecule has 0 atom stereocenters. The van der Waals surface area contributed by atoms with E-state index in [2.05, 4.69) is 0 Å². The molecule has 0 aliphatic carbocycles. The molecule has 1 rings (SSSR count). The Hall–Kier alpha value is -1.47. The van der Waals surface area contributed by atoms with Crippen LogP contribution >= 0.6 is 12.2 Å². The lowest BCUT2D eigenvalue weighted by molar-refractivity contribution is -0.144. The zero-order chi connectivity index (χ0) is 15.3. The summed E-state index contributed by atoms with van der Waals surface area (Å²) in [6, 6.07) is 6.62. The van der Waals surface area contributed by atoms with Crippen LogP contribution in [0.3, 0.4) is 0 Å². The quantitative estimate of drug-likeness (QED) is 0.627. The maximum absolute atomic E-state index is 11.9. The lowest BCUT2D eigenvalue weighted by Crippen LogP contribution is -2.22. The lowest BCUT2D eigenvalue weighted by Gasteiger charge is -2.09. The van der Waals surface area contributed by atoms with Crippen molar-refractivity contribution < 1.29 is 17.9 Å². The van der Waals surface area contributed by atoms with Crippen LogP contribution in [0.1, 0.15) is 25.0 Å². The molecule has 5 nitrogen and oxygen atoms in total. The van der Waals surface area contributed by atoms with Gasteiger partial charge in [-0.1, -0.05) is 30.4 Å². The standard InChI is InChI=1S/C13H17NO4S2/c1-9(2)18-12(15)8-20(16,17)7-10-4-3-5-11(6-10)13(14)19/h3-6,9H,7-8H2,1-2H3,(H2,14,19). The largest absolute Gasteiger partial charge is 0.462 e. The van der Waals surface area contributed by atoms with E-state index < -0.39 is 21.6 Å². The Labute approximate surface area is 124 Å². The molecule has 1 aromatic carbocycles. The summed E-state index contributed by atoms with van der Waals surface area (Å²) in [5.74, 6) is -1.63. The van der Waals surface area contributed by atoms with Crippen LogP contribution in [0.4, 0.5) is 0 Å². The Bertz CT molecular complexity index is 609. The van der Waals surface area contributed by atoms with E-state index in [0.29, 0.717) is 11.1 Å². The minimum absolute atomic E-state index is 0.198. The number of hydrogen-bond donors (Lipinski definition) is 1. The van der Waals surface area contributed by atoms with Crippen LogP contribution in [0.15, 0.2) is 24.3 Å². The fraction of sp³-hybridized carbons (Fsp3) is 0.385. The fourth-order valence-electron chi connectivity index (χ4n) is 1.60. The minimum atomic E-state index is -3.58. The van der Waals surface area contributed by atoms with Gasteiger partial charge in [0.1, 0.15) is 10.7 Å². The van der Waals surface area contributed by atoms with Gasteiger partial charge in [0, 0.05) is 5.56 Å². The normalized spacial score (nSPS) is 11.3. The summed E-state index contributed by atoms with van der Waals surface area (Å²) in [5.41, 5.74) is 6.62. The average molecular weight is 315 g/mol. The third kappa shape index (κ3) is 5.66. The molecule has 0 radical (unpaired) electrons. The summed E-state index contributed by atoms with van der Waals surface area (Å²) >= 11 is 4.83. The topological polar surface area (TPSA) is 86.5 Å². The highest BCUT2D eigenvalue weighted by Crippen LogP contribution is 2.10. The Kier molecular flexibility index (Phi) is 5.64. The maximum Gasteiger partial charge on any atom is 0.321 e. The van der Waals surface area contributed by atoms with Crippen LogP contribution < -0.4 is 5.73 Å². The summed E-state index contributed by atoms with van der Waals surface area (Å²) in [6.45, 7) is 3.33. The van der Waals surface area contributed by atoms with Crippen molar-refractivity contribution in [3.63, 3.8) is 0 Å². The van der Waals surface area contributed by atoms with Crippen LogP contribution in [0.2, 0.25) is 0 Å². The number of thiocarbonyl (C=S) groups is 1. The van der Waals surface area contributed by atoms with E-state index in [-0.39, 0.29) is 16.8 Å². The third-order valence-corrected chi connectivity index (χ3v) is 3.99. The number of nitrogens with two attached hydrogens (primary N) is 1. The van der Waals surface area contributed by atoms with Crippen molar-refractivity contribution in [3.05, 3.63) is 35.4 Å². The van der Waals surface area contributed by atoms with E-state index in [9.17, 15) is 13.2 Å². The molecule has 20 heavy (non-hydrogen) atoms. The van der Waals surface area contributed by atoms with E-state index in [1.807, 2.05) is 0 Å². The Balaban J connectivity index is 2.78. The second kappa shape index (κ2) is 6.81. The maximum atomic E-state index is 11.9. The Morgan fingerprint density at radius 1 is 1.40 bits per heavy atom. The molecule has 0 aliphatic rings. The molecule has 1 aromatic rings. The molecule has 7 heteroatoms. The number of hydrogen-bond acceptors (Lipinski definition) is 5. The first kappa shape index (κ1) is 16.6. The van der Waals surface area contributed by atoms with Crippen LogP contribution in [-0.4, -0.2) is 31.2 Å². The second-order valence-corrected chi connectivity index (χ2v) is 7.14. The van der Waals surface area contributed by atoms with Gasteiger partial charge in [-0.2, -0.15) is 0 Å². The van der Waals surface area contributed by atoms with E-state index >= 15 is 0 Å². The summed E-state index contributed by atoms with van der Waals surface area (Å²) in [7, 11) is -3.58. The summed E-state index contributed by atoms with van der Waals surface area (Å²) < 4.78 is 28.6. The van der Waals surface area contributed by atoms with Crippen molar-refractivity contribution in [2.75, 3.05) is 5.75 Å². The molecule has 0 aromatic heterocycles. The number of rotatable bonds is 6. The predicted molar refractivity (Wildman–Crippen MR) is 81.0 cm³/mol. The average Bonchev–Trinajstić information content (AvgIpc) is 2.26. The molecule has 0 unspecified atom stereocenters. The van der Waals surface area contributed by atoms with Gasteiger partial charge in [-0.15, -0.1) is 0 Å². The molecule has 0 saturated heterocycles. The highest BCUT2D eigenvalue weighted by Gasteiger charge is 2.19. The molecule has 110 valence electrons. The first-order valence-electron chi connectivity index (χ1n) is 5.98. The van der Waals surface area contributed by atoms with Gasteiger partial charge in [-0.25, -0.2) is 8.42 Å². The number of benzene rings is 1. The molecule has 0 saturated carbocycles. The number of carbonyl (C=O) groups excluding carboxylic acids is 1. The van der Waals surface area contributed by atoms with Crippen molar-refractivity contribution in [2.45, 2.75) is 25.7 Å². The second-order valence-electron chi connectivity index (χ2n) is 4.64. The zero-order valence-corrected chi connectivity index (χ0v) is 13.0. The first-order chi connectivity index (χ1) is 9.19. The van der Waals surface area contributed by atoms with Gasteiger partial charge in [-0.05, 0) is 25.5 Å². The van der Waals surface area contributed by atoms with Crippen molar-refractivity contribution in [3.8, 4) is 0 Å². The number of carbonyl (C=O) groups is 1. The number of esters is 1. The first-order valence-corrected chi connectivity index (χ1v) is 8.21. The van der Waals surface area contributed by atoms with Gasteiger partial charge in [0.2, 0.25) is 0 Å². The molecule has 0 heterocycles. The van der Waals surface area contributed by atoms with Gasteiger partial charge in [0.25, 0.3) is 0 Å². The molecule has 0 aliphatic heterocycles. The van der Waals surface area contributed by atoms with Gasteiger partial charge < -0.3 is 10.5 Å². The summed E-state index contributed by atoms with van der Waals surface area (Å²) in [4.78, 5) is 11.6. The van der Waals surface area contributed by atoms with Crippen LogP contribution in [0.25, 0.3) is 0 Å². The van der Waals surface area contributed by atoms with Crippen molar-refractivity contribution in [2.24, 2.45) is 5.73 Å². The van der Waals surface area contributed by atoms with Gasteiger partial charge in [0.05, 0.1) is 11.9 Å². The lowest BCUT2D eigenvalue weighted by atomic mass is 10.1. The molecule has 0 fully saturated rings. The smallest absolute Gasteiger partial charge is 0.321 e. The van der Waals surface area contributed by atoms with Crippen molar-refractivity contribution >= 4 is 33.0 Å². The van der Waals surface area contributed by atoms with Crippen LogP contribution in [0.5, 0.6) is 0 Å². The SMILES string of the molecule is CC(C)OC(=O)CS(=O)(=O)Cc1cccc(C(N)=S)c1. The van der Waals surface area contributed by atoms with Gasteiger partial charge in [0.15, 0.2) is 9.84 Å². The summed E-state index contributed by atoms with van der Waals surface area (Å²) in [6.07, 6.45) is -0.337. The van der Waals surface area contributed by atoms with E-state index in [0.717, 1.165) is 0 Å². The van der Waals surface area contributed by atoms with E-state index in [4.69, 9.17) is 22.7 Å². The number of sulfone groups is 1. The highest BCUT2D eigenvalue weighted by atomic mass is 32.2. The Morgan fingerprint density at radius 2 is 2.05 bits per heavy atom.